The molecule has 0 atom stereocenters. The zero-order valence-electron chi connectivity index (χ0n) is 17.1. The fourth-order valence-electron chi connectivity index (χ4n) is 4.10. The molecule has 4 rings (SSSR count). The molecule has 2 aliphatic heterocycles. The smallest absolute Gasteiger partial charge is 0.255 e. The minimum absolute atomic E-state index is 0. The van der Waals surface area contributed by atoms with Gasteiger partial charge in [-0.15, -0.1) is 24.8 Å². The normalized spacial score (nSPS) is 18.9. The maximum absolute atomic E-state index is 13.1. The van der Waals surface area contributed by atoms with Gasteiger partial charge in [-0.05, 0) is 32.9 Å². The van der Waals surface area contributed by atoms with Crippen molar-refractivity contribution in [3.63, 3.8) is 0 Å². The quantitative estimate of drug-likeness (QED) is 0.751. The Morgan fingerprint density at radius 1 is 1.14 bits per heavy atom. The fraction of sp³-hybridized carbons (Fsp3) is 0.667. The van der Waals surface area contributed by atoms with Crippen molar-refractivity contribution < 1.29 is 9.53 Å². The number of methoxy groups -OCH3 is 1. The Morgan fingerprint density at radius 2 is 1.79 bits per heavy atom. The molecule has 9 nitrogen and oxygen atoms in total. The standard InChI is InChI=1S/C18H27N7O2.2ClH/c1-13-21-15-14(12-20-23(15)2)16(22-13)24-8-10-25(11-9-24)17(26)18(27-3)4-6-19-7-5-18;;/h12,19H,4-11H2,1-3H3;2*1H. The van der Waals surface area contributed by atoms with Crippen molar-refractivity contribution in [1.29, 1.82) is 0 Å². The van der Waals surface area contributed by atoms with Gasteiger partial charge >= 0.3 is 0 Å². The van der Waals surface area contributed by atoms with Gasteiger partial charge in [0.1, 0.15) is 17.2 Å². The topological polar surface area (TPSA) is 88.4 Å². The van der Waals surface area contributed by atoms with Crippen molar-refractivity contribution >= 4 is 47.6 Å². The molecule has 0 saturated carbocycles. The van der Waals surface area contributed by atoms with Crippen LogP contribution in [0.2, 0.25) is 0 Å². The first-order valence-electron chi connectivity index (χ1n) is 9.50. The summed E-state index contributed by atoms with van der Waals surface area (Å²) < 4.78 is 7.48. The number of fused-ring (bicyclic) bond motifs is 1. The van der Waals surface area contributed by atoms with Gasteiger partial charge in [-0.2, -0.15) is 5.10 Å². The third kappa shape index (κ3) is 4.28. The number of piperidine rings is 1. The van der Waals surface area contributed by atoms with Gasteiger partial charge in [-0.1, -0.05) is 0 Å². The molecule has 0 aliphatic carbocycles. The first kappa shape index (κ1) is 23.6. The number of halogens is 2. The lowest BCUT2D eigenvalue weighted by Gasteiger charge is -2.42. The van der Waals surface area contributed by atoms with E-state index in [0.717, 1.165) is 61.7 Å². The van der Waals surface area contributed by atoms with Gasteiger partial charge < -0.3 is 19.9 Å². The highest BCUT2D eigenvalue weighted by atomic mass is 35.5. The molecule has 2 fully saturated rings. The van der Waals surface area contributed by atoms with E-state index in [1.807, 2.05) is 25.1 Å². The van der Waals surface area contributed by atoms with Crippen LogP contribution in [0.1, 0.15) is 18.7 Å². The van der Waals surface area contributed by atoms with Crippen LogP contribution in [-0.4, -0.2) is 82.5 Å². The summed E-state index contributed by atoms with van der Waals surface area (Å²) in [7, 11) is 3.54. The van der Waals surface area contributed by atoms with Crippen molar-refractivity contribution in [3.8, 4) is 0 Å². The number of piperazine rings is 1. The van der Waals surface area contributed by atoms with E-state index in [-0.39, 0.29) is 30.7 Å². The number of amides is 1. The second-order valence-corrected chi connectivity index (χ2v) is 7.33. The summed E-state index contributed by atoms with van der Waals surface area (Å²) in [6.07, 6.45) is 3.27. The van der Waals surface area contributed by atoms with Crippen molar-refractivity contribution in [3.05, 3.63) is 12.0 Å². The lowest BCUT2D eigenvalue weighted by atomic mass is 9.90. The minimum atomic E-state index is -0.671. The van der Waals surface area contributed by atoms with Crippen molar-refractivity contribution in [2.24, 2.45) is 7.05 Å². The van der Waals surface area contributed by atoms with E-state index in [1.54, 1.807) is 11.8 Å². The van der Waals surface area contributed by atoms with Gasteiger partial charge in [0, 0.05) is 40.3 Å². The number of nitrogens with zero attached hydrogens (tertiary/aromatic N) is 6. The van der Waals surface area contributed by atoms with Crippen LogP contribution in [0.15, 0.2) is 6.20 Å². The van der Waals surface area contributed by atoms with Crippen LogP contribution in [0, 0.1) is 6.92 Å². The molecule has 0 spiro atoms. The van der Waals surface area contributed by atoms with Crippen LogP contribution in [0.3, 0.4) is 0 Å². The zero-order valence-corrected chi connectivity index (χ0v) is 18.7. The number of nitrogens with one attached hydrogen (secondary N) is 1. The number of ether oxygens (including phenoxy) is 1. The Bertz CT molecular complexity index is 846. The number of hydrogen-bond donors (Lipinski definition) is 1. The maximum atomic E-state index is 13.1. The number of carbonyl (C=O) groups excluding carboxylic acids is 1. The fourth-order valence-corrected chi connectivity index (χ4v) is 4.10. The van der Waals surface area contributed by atoms with Crippen molar-refractivity contribution in [2.75, 3.05) is 51.3 Å². The number of aryl methyl sites for hydroxylation is 2. The molecule has 0 radical (unpaired) electrons. The number of hydrogen-bond acceptors (Lipinski definition) is 7. The molecule has 162 valence electrons. The maximum Gasteiger partial charge on any atom is 0.255 e. The highest BCUT2D eigenvalue weighted by Gasteiger charge is 2.43. The molecule has 2 aliphatic rings. The van der Waals surface area contributed by atoms with E-state index in [1.165, 1.54) is 0 Å². The summed E-state index contributed by atoms with van der Waals surface area (Å²) in [6, 6.07) is 0. The second-order valence-electron chi connectivity index (χ2n) is 7.33. The molecular weight excluding hydrogens is 417 g/mol. The predicted octanol–water partition coefficient (Wildman–Crippen LogP) is 0.933. The van der Waals surface area contributed by atoms with E-state index in [2.05, 4.69) is 25.3 Å². The lowest BCUT2D eigenvalue weighted by Crippen LogP contribution is -2.59. The highest BCUT2D eigenvalue weighted by molar-refractivity contribution is 5.88. The Kier molecular flexibility index (Phi) is 7.67. The SMILES string of the molecule is COC1(C(=O)N2CCN(c3nc(C)nc4c3cnn4C)CC2)CCNCC1.Cl.Cl. The second kappa shape index (κ2) is 9.42. The van der Waals surface area contributed by atoms with E-state index in [0.29, 0.717) is 13.1 Å². The van der Waals surface area contributed by atoms with Crippen molar-refractivity contribution in [2.45, 2.75) is 25.4 Å². The first-order valence-corrected chi connectivity index (χ1v) is 9.50. The first-order chi connectivity index (χ1) is 13.0. The summed E-state index contributed by atoms with van der Waals surface area (Å²) in [5, 5.41) is 8.57. The van der Waals surface area contributed by atoms with E-state index in [9.17, 15) is 4.79 Å². The monoisotopic (exact) mass is 445 g/mol. The molecular formula is C18H29Cl2N7O2. The number of rotatable bonds is 3. The molecule has 29 heavy (non-hydrogen) atoms. The Hall–Kier alpha value is -1.68. The zero-order chi connectivity index (χ0) is 19.0. The Balaban J connectivity index is 0.00000150. The molecule has 1 amide bonds. The number of anilines is 1. The number of carbonyl (C=O) groups is 1. The summed E-state index contributed by atoms with van der Waals surface area (Å²) in [6.45, 7) is 6.35. The average molecular weight is 446 g/mol. The molecule has 2 aromatic heterocycles. The van der Waals surface area contributed by atoms with Gasteiger partial charge in [-0.3, -0.25) is 9.48 Å². The molecule has 2 saturated heterocycles. The van der Waals surface area contributed by atoms with E-state index in [4.69, 9.17) is 4.74 Å². The number of aromatic nitrogens is 4. The highest BCUT2D eigenvalue weighted by Crippen LogP contribution is 2.28. The van der Waals surface area contributed by atoms with Crippen LogP contribution in [-0.2, 0) is 16.6 Å². The van der Waals surface area contributed by atoms with Crippen LogP contribution < -0.4 is 10.2 Å². The Labute approximate surface area is 183 Å². The molecule has 11 heteroatoms. The van der Waals surface area contributed by atoms with Gasteiger partial charge in [0.25, 0.3) is 5.91 Å². The molecule has 2 aromatic rings. The molecule has 4 heterocycles. The lowest BCUT2D eigenvalue weighted by molar-refractivity contribution is -0.158. The van der Waals surface area contributed by atoms with E-state index >= 15 is 0 Å². The molecule has 0 unspecified atom stereocenters. The summed E-state index contributed by atoms with van der Waals surface area (Å²) in [5.74, 6) is 1.75. The summed E-state index contributed by atoms with van der Waals surface area (Å²) >= 11 is 0. The van der Waals surface area contributed by atoms with Gasteiger partial charge in [0.15, 0.2) is 5.65 Å². The third-order valence-corrected chi connectivity index (χ3v) is 5.74. The molecule has 1 N–H and O–H groups in total. The summed E-state index contributed by atoms with van der Waals surface area (Å²) in [5.41, 5.74) is 0.166. The van der Waals surface area contributed by atoms with Gasteiger partial charge in [-0.25, -0.2) is 9.97 Å². The van der Waals surface area contributed by atoms with E-state index < -0.39 is 5.60 Å². The largest absolute Gasteiger partial charge is 0.368 e. The van der Waals surface area contributed by atoms with Crippen LogP contribution in [0.5, 0.6) is 0 Å². The Morgan fingerprint density at radius 3 is 2.41 bits per heavy atom. The summed E-state index contributed by atoms with van der Waals surface area (Å²) in [4.78, 5) is 26.4. The third-order valence-electron chi connectivity index (χ3n) is 5.74. The van der Waals surface area contributed by atoms with Crippen LogP contribution in [0.4, 0.5) is 5.82 Å². The average Bonchev–Trinajstić information content (AvgIpc) is 3.08. The van der Waals surface area contributed by atoms with Crippen LogP contribution in [0.25, 0.3) is 11.0 Å². The molecule has 0 bridgehead atoms. The van der Waals surface area contributed by atoms with Crippen molar-refractivity contribution in [1.82, 2.24) is 30.0 Å². The van der Waals surface area contributed by atoms with Crippen LogP contribution >= 0.6 is 24.8 Å². The minimum Gasteiger partial charge on any atom is -0.368 e. The van der Waals surface area contributed by atoms with Gasteiger partial charge in [0.05, 0.1) is 11.6 Å². The predicted molar refractivity (Wildman–Crippen MR) is 116 cm³/mol. The molecule has 0 aromatic carbocycles. The van der Waals surface area contributed by atoms with Gasteiger partial charge in [0.2, 0.25) is 0 Å².